The summed E-state index contributed by atoms with van der Waals surface area (Å²) in [6.45, 7) is 3.27. The van der Waals surface area contributed by atoms with Gasteiger partial charge in [0, 0.05) is 18.6 Å². The van der Waals surface area contributed by atoms with E-state index in [9.17, 15) is 24.8 Å². The molecule has 120 valence electrons. The van der Waals surface area contributed by atoms with Crippen molar-refractivity contribution in [2.24, 2.45) is 0 Å². The van der Waals surface area contributed by atoms with Crippen molar-refractivity contribution in [3.05, 3.63) is 39.9 Å². The highest BCUT2D eigenvalue weighted by molar-refractivity contribution is 5.85. The molecule has 0 fully saturated rings. The van der Waals surface area contributed by atoms with E-state index in [-0.39, 0.29) is 24.3 Å². The molecular formula is C14H18N2O6. The zero-order valence-corrected chi connectivity index (χ0v) is 12.3. The van der Waals surface area contributed by atoms with E-state index in [1.807, 2.05) is 0 Å². The summed E-state index contributed by atoms with van der Waals surface area (Å²) < 4.78 is 4.82. The van der Waals surface area contributed by atoms with E-state index in [2.05, 4.69) is 5.32 Å². The van der Waals surface area contributed by atoms with Crippen LogP contribution in [0.5, 0.6) is 0 Å². The summed E-state index contributed by atoms with van der Waals surface area (Å²) in [6, 6.07) is 3.91. The molecule has 0 radical (unpaired) electrons. The van der Waals surface area contributed by atoms with Crippen LogP contribution in [0.2, 0.25) is 0 Å². The van der Waals surface area contributed by atoms with Crippen molar-refractivity contribution in [3.8, 4) is 0 Å². The van der Waals surface area contributed by atoms with Crippen molar-refractivity contribution in [2.75, 3.05) is 6.61 Å². The molecule has 2 atom stereocenters. The number of carbonyl (C=O) groups excluding carboxylic acids is 2. The number of hydrogen-bond acceptors (Lipinski definition) is 6. The first-order chi connectivity index (χ1) is 10.4. The number of non-ortho nitro benzene ring substituents is 1. The number of nitro groups is 1. The molecule has 0 aliphatic carbocycles. The van der Waals surface area contributed by atoms with Gasteiger partial charge in [0.15, 0.2) is 6.04 Å². The molecule has 0 unspecified atom stereocenters. The number of benzene rings is 1. The Kier molecular flexibility index (Phi) is 6.46. The molecule has 0 bridgehead atoms. The fraction of sp³-hybridized carbons (Fsp3) is 0.429. The quantitative estimate of drug-likeness (QED) is 0.442. The third-order valence-corrected chi connectivity index (χ3v) is 2.92. The molecule has 1 aromatic carbocycles. The fourth-order valence-corrected chi connectivity index (χ4v) is 1.79. The predicted octanol–water partition coefficient (Wildman–Crippen LogP) is 1.09. The van der Waals surface area contributed by atoms with Crippen LogP contribution in [0.25, 0.3) is 0 Å². The van der Waals surface area contributed by atoms with Gasteiger partial charge in [-0.3, -0.25) is 14.9 Å². The summed E-state index contributed by atoms with van der Waals surface area (Å²) in [4.78, 5) is 33.6. The lowest BCUT2D eigenvalue weighted by Crippen LogP contribution is -2.45. The first-order valence-corrected chi connectivity index (χ1v) is 6.79. The van der Waals surface area contributed by atoms with E-state index in [1.165, 1.54) is 18.2 Å². The van der Waals surface area contributed by atoms with E-state index < -0.39 is 28.9 Å². The topological polar surface area (TPSA) is 119 Å². The number of nitro benzene ring substituents is 1. The molecule has 0 aromatic heterocycles. The second-order valence-corrected chi connectivity index (χ2v) is 4.45. The molecular weight excluding hydrogens is 292 g/mol. The number of hydrogen-bond donors (Lipinski definition) is 2. The SMILES string of the molecule is CCOC(=O)[C@H](NC(=O)CC)[C@@H](O)c1cccc([N+](=O)[O-])c1. The third-order valence-electron chi connectivity index (χ3n) is 2.92. The maximum Gasteiger partial charge on any atom is 0.331 e. The minimum atomic E-state index is -1.45. The second kappa shape index (κ2) is 8.08. The van der Waals surface area contributed by atoms with Gasteiger partial charge in [-0.25, -0.2) is 4.79 Å². The van der Waals surface area contributed by atoms with Crippen molar-refractivity contribution in [1.82, 2.24) is 5.32 Å². The number of nitrogens with one attached hydrogen (secondary N) is 1. The zero-order valence-electron chi connectivity index (χ0n) is 12.3. The maximum atomic E-state index is 11.9. The molecule has 2 N–H and O–H groups in total. The normalized spacial score (nSPS) is 13.0. The van der Waals surface area contributed by atoms with Gasteiger partial charge in [0.25, 0.3) is 5.69 Å². The van der Waals surface area contributed by atoms with Gasteiger partial charge in [0.2, 0.25) is 5.91 Å². The lowest BCUT2D eigenvalue weighted by molar-refractivity contribution is -0.385. The summed E-state index contributed by atoms with van der Waals surface area (Å²) in [5.74, 6) is -1.24. The van der Waals surface area contributed by atoms with Crippen LogP contribution in [0.3, 0.4) is 0 Å². The molecule has 8 heteroatoms. The summed E-state index contributed by atoms with van der Waals surface area (Å²) in [6.07, 6.45) is -1.33. The Morgan fingerprint density at radius 2 is 2.09 bits per heavy atom. The molecule has 22 heavy (non-hydrogen) atoms. The van der Waals surface area contributed by atoms with Crippen LogP contribution in [0.4, 0.5) is 5.69 Å². The average molecular weight is 310 g/mol. The highest BCUT2D eigenvalue weighted by atomic mass is 16.6. The van der Waals surface area contributed by atoms with Gasteiger partial charge in [0.05, 0.1) is 11.5 Å². The summed E-state index contributed by atoms with van der Waals surface area (Å²) in [5.41, 5.74) is -0.0790. The molecule has 1 aromatic rings. The van der Waals surface area contributed by atoms with E-state index >= 15 is 0 Å². The molecule has 0 aliphatic heterocycles. The molecule has 0 spiro atoms. The standard InChI is InChI=1S/C14H18N2O6/c1-3-11(17)15-12(14(19)22-4-2)13(18)9-6-5-7-10(8-9)16(20)21/h5-8,12-13,18H,3-4H2,1-2H3,(H,15,17)/t12-,13+/m1/s1. The van der Waals surface area contributed by atoms with Gasteiger partial charge in [-0.2, -0.15) is 0 Å². The molecule has 0 saturated carbocycles. The fourth-order valence-electron chi connectivity index (χ4n) is 1.79. The van der Waals surface area contributed by atoms with Gasteiger partial charge in [-0.15, -0.1) is 0 Å². The Morgan fingerprint density at radius 3 is 2.64 bits per heavy atom. The molecule has 0 aliphatic rings. The van der Waals surface area contributed by atoms with Crippen LogP contribution in [-0.4, -0.2) is 34.6 Å². The largest absolute Gasteiger partial charge is 0.464 e. The van der Waals surface area contributed by atoms with Gasteiger partial charge in [-0.1, -0.05) is 19.1 Å². The lowest BCUT2D eigenvalue weighted by atomic mass is 10.0. The predicted molar refractivity (Wildman–Crippen MR) is 76.9 cm³/mol. The second-order valence-electron chi connectivity index (χ2n) is 4.45. The van der Waals surface area contributed by atoms with Crippen LogP contribution in [0.1, 0.15) is 31.9 Å². The Balaban J connectivity index is 3.06. The van der Waals surface area contributed by atoms with Crippen LogP contribution in [-0.2, 0) is 14.3 Å². The minimum Gasteiger partial charge on any atom is -0.464 e. The van der Waals surface area contributed by atoms with Gasteiger partial charge in [0.1, 0.15) is 6.10 Å². The number of carbonyl (C=O) groups is 2. The third kappa shape index (κ3) is 4.52. The Morgan fingerprint density at radius 1 is 1.41 bits per heavy atom. The van der Waals surface area contributed by atoms with E-state index in [1.54, 1.807) is 13.8 Å². The summed E-state index contributed by atoms with van der Waals surface area (Å²) in [7, 11) is 0. The first kappa shape index (κ1) is 17.6. The number of ether oxygens (including phenoxy) is 1. The van der Waals surface area contributed by atoms with Gasteiger partial charge < -0.3 is 15.2 Å². The number of aliphatic hydroxyl groups excluding tert-OH is 1. The Hall–Kier alpha value is -2.48. The van der Waals surface area contributed by atoms with Crippen LogP contribution in [0, 0.1) is 10.1 Å². The highest BCUT2D eigenvalue weighted by Crippen LogP contribution is 2.22. The smallest absolute Gasteiger partial charge is 0.331 e. The Labute approximate surface area is 127 Å². The van der Waals surface area contributed by atoms with Gasteiger partial charge in [-0.05, 0) is 12.5 Å². The average Bonchev–Trinajstić information content (AvgIpc) is 2.51. The van der Waals surface area contributed by atoms with Crippen molar-refractivity contribution in [2.45, 2.75) is 32.4 Å². The van der Waals surface area contributed by atoms with E-state index in [4.69, 9.17) is 4.74 Å². The first-order valence-electron chi connectivity index (χ1n) is 6.79. The van der Waals surface area contributed by atoms with Crippen LogP contribution in [0.15, 0.2) is 24.3 Å². The molecule has 8 nitrogen and oxygen atoms in total. The summed E-state index contributed by atoms with van der Waals surface area (Å²) in [5, 5.41) is 23.4. The van der Waals surface area contributed by atoms with Crippen molar-refractivity contribution >= 4 is 17.6 Å². The van der Waals surface area contributed by atoms with Gasteiger partial charge >= 0.3 is 5.97 Å². The summed E-state index contributed by atoms with van der Waals surface area (Å²) >= 11 is 0. The number of nitrogens with zero attached hydrogens (tertiary/aromatic N) is 1. The molecule has 0 saturated heterocycles. The van der Waals surface area contributed by atoms with Crippen LogP contribution >= 0.6 is 0 Å². The lowest BCUT2D eigenvalue weighted by Gasteiger charge is -2.22. The minimum absolute atomic E-state index is 0.0823. The molecule has 1 rings (SSSR count). The van der Waals surface area contributed by atoms with Crippen molar-refractivity contribution < 1.29 is 24.4 Å². The number of aliphatic hydroxyl groups is 1. The van der Waals surface area contributed by atoms with Crippen LogP contribution < -0.4 is 5.32 Å². The maximum absolute atomic E-state index is 11.9. The number of rotatable bonds is 7. The Bertz CT molecular complexity index is 560. The van der Waals surface area contributed by atoms with E-state index in [0.717, 1.165) is 6.07 Å². The van der Waals surface area contributed by atoms with Crippen molar-refractivity contribution in [1.29, 1.82) is 0 Å². The highest BCUT2D eigenvalue weighted by Gasteiger charge is 2.31. The molecule has 1 amide bonds. The monoisotopic (exact) mass is 310 g/mol. The number of esters is 1. The molecule has 0 heterocycles. The van der Waals surface area contributed by atoms with E-state index in [0.29, 0.717) is 0 Å². The van der Waals surface area contributed by atoms with Crippen molar-refractivity contribution in [3.63, 3.8) is 0 Å². The zero-order chi connectivity index (χ0) is 16.7. The number of amides is 1.